The zero-order valence-electron chi connectivity index (χ0n) is 15.3. The molecule has 29 heavy (non-hydrogen) atoms. The smallest absolute Gasteiger partial charge is 0.147 e. The summed E-state index contributed by atoms with van der Waals surface area (Å²) in [7, 11) is 0. The number of benzene rings is 3. The average molecular weight is 378 g/mol. The molecule has 5 heteroatoms. The molecule has 0 atom stereocenters. The van der Waals surface area contributed by atoms with Gasteiger partial charge in [-0.25, -0.2) is 9.37 Å². The van der Waals surface area contributed by atoms with E-state index in [1.165, 1.54) is 12.1 Å². The number of aromatic nitrogens is 2. The first kappa shape index (κ1) is 17.0. The lowest BCUT2D eigenvalue weighted by Crippen LogP contribution is -2.03. The fraction of sp³-hybridized carbons (Fsp3) is 0. The van der Waals surface area contributed by atoms with Crippen LogP contribution in [0.2, 0.25) is 0 Å². The maximum atomic E-state index is 13.9. The molecule has 0 amide bonds. The Bertz CT molecular complexity index is 1410. The Morgan fingerprint density at radius 3 is 2.17 bits per heavy atom. The first-order chi connectivity index (χ1) is 14.2. The van der Waals surface area contributed by atoms with Crippen molar-refractivity contribution in [1.82, 2.24) is 9.38 Å². The molecular formula is C24H15FN4. The number of pyridine rings is 1. The van der Waals surface area contributed by atoms with E-state index in [-0.39, 0.29) is 11.4 Å². The van der Waals surface area contributed by atoms with Crippen molar-refractivity contribution >= 4 is 22.2 Å². The van der Waals surface area contributed by atoms with Gasteiger partial charge in [0.15, 0.2) is 0 Å². The quantitative estimate of drug-likeness (QED) is 0.446. The number of nitriles is 1. The molecule has 3 aromatic carbocycles. The summed E-state index contributed by atoms with van der Waals surface area (Å²) >= 11 is 0. The second-order valence-corrected chi connectivity index (χ2v) is 6.76. The van der Waals surface area contributed by atoms with Crippen molar-refractivity contribution in [2.75, 3.05) is 5.73 Å². The zero-order valence-corrected chi connectivity index (χ0v) is 15.3. The van der Waals surface area contributed by atoms with Gasteiger partial charge in [-0.05, 0) is 18.2 Å². The van der Waals surface area contributed by atoms with Crippen LogP contribution in [-0.4, -0.2) is 9.38 Å². The van der Waals surface area contributed by atoms with Crippen LogP contribution in [0.5, 0.6) is 0 Å². The fourth-order valence-electron chi connectivity index (χ4n) is 3.78. The molecule has 138 valence electrons. The topological polar surface area (TPSA) is 67.1 Å². The molecule has 5 aromatic rings. The monoisotopic (exact) mass is 378 g/mol. The number of anilines is 1. The predicted molar refractivity (Wildman–Crippen MR) is 113 cm³/mol. The minimum Gasteiger partial charge on any atom is -0.384 e. The molecule has 0 unspecified atom stereocenters. The number of halogens is 1. The van der Waals surface area contributed by atoms with Crippen LogP contribution in [0.3, 0.4) is 0 Å². The van der Waals surface area contributed by atoms with Crippen LogP contribution in [0.1, 0.15) is 5.56 Å². The van der Waals surface area contributed by atoms with Crippen molar-refractivity contribution in [3.63, 3.8) is 0 Å². The van der Waals surface area contributed by atoms with Gasteiger partial charge in [-0.3, -0.25) is 4.40 Å². The van der Waals surface area contributed by atoms with Gasteiger partial charge in [0.1, 0.15) is 28.9 Å². The van der Waals surface area contributed by atoms with Crippen LogP contribution in [-0.2, 0) is 0 Å². The third-order valence-electron chi connectivity index (χ3n) is 5.07. The molecule has 0 saturated heterocycles. The third kappa shape index (κ3) is 2.54. The van der Waals surface area contributed by atoms with Crippen LogP contribution >= 0.6 is 0 Å². The van der Waals surface area contributed by atoms with Gasteiger partial charge in [0.2, 0.25) is 0 Å². The van der Waals surface area contributed by atoms with E-state index in [0.29, 0.717) is 16.4 Å². The van der Waals surface area contributed by atoms with Gasteiger partial charge in [0.25, 0.3) is 0 Å². The van der Waals surface area contributed by atoms with E-state index in [1.807, 2.05) is 60.7 Å². The van der Waals surface area contributed by atoms with Gasteiger partial charge < -0.3 is 5.73 Å². The molecule has 0 saturated carbocycles. The Balaban J connectivity index is 2.03. The van der Waals surface area contributed by atoms with Crippen LogP contribution in [0, 0.1) is 17.1 Å². The van der Waals surface area contributed by atoms with E-state index in [9.17, 15) is 9.65 Å². The van der Waals surface area contributed by atoms with E-state index < -0.39 is 5.82 Å². The zero-order chi connectivity index (χ0) is 20.0. The van der Waals surface area contributed by atoms with Crippen molar-refractivity contribution < 1.29 is 4.39 Å². The number of nitrogen functional groups attached to an aromatic ring is 1. The molecule has 0 spiro atoms. The average Bonchev–Trinajstić information content (AvgIpc) is 3.16. The number of rotatable bonds is 2. The van der Waals surface area contributed by atoms with Crippen LogP contribution in [0.4, 0.5) is 10.2 Å². The molecule has 4 nitrogen and oxygen atoms in total. The molecular weight excluding hydrogens is 363 g/mol. The van der Waals surface area contributed by atoms with Crippen LogP contribution in [0.25, 0.3) is 38.9 Å². The summed E-state index contributed by atoms with van der Waals surface area (Å²) in [4.78, 5) is 4.90. The summed E-state index contributed by atoms with van der Waals surface area (Å²) < 4.78 is 15.7. The molecule has 0 aliphatic carbocycles. The SMILES string of the molecule is N#Cc1c(N)n2c(-c3ccccc3)c(-c3ccccc3)nc2c2ccc(F)cc12. The van der Waals surface area contributed by atoms with E-state index in [1.54, 1.807) is 10.5 Å². The first-order valence-electron chi connectivity index (χ1n) is 9.13. The highest BCUT2D eigenvalue weighted by Gasteiger charge is 2.22. The van der Waals surface area contributed by atoms with E-state index >= 15 is 0 Å². The molecule has 2 aromatic heterocycles. The Morgan fingerprint density at radius 1 is 0.862 bits per heavy atom. The Hall–Kier alpha value is -4.17. The standard InChI is InChI=1S/C24H15FN4/c25-17-11-12-18-19(13-17)20(14-26)23(27)29-22(16-9-5-2-6-10-16)21(28-24(18)29)15-7-3-1-4-8-15/h1-13H,27H2. The molecule has 2 heterocycles. The van der Waals surface area contributed by atoms with Crippen molar-refractivity contribution in [3.05, 3.63) is 90.2 Å². The molecule has 0 aliphatic rings. The summed E-state index contributed by atoms with van der Waals surface area (Å²) in [6.45, 7) is 0. The summed E-state index contributed by atoms with van der Waals surface area (Å²) in [5, 5.41) is 10.9. The molecule has 0 aliphatic heterocycles. The number of imidazole rings is 1. The van der Waals surface area contributed by atoms with Gasteiger partial charge in [0.05, 0.1) is 11.4 Å². The lowest BCUT2D eigenvalue weighted by atomic mass is 10.0. The Kier molecular flexibility index (Phi) is 3.78. The lowest BCUT2D eigenvalue weighted by Gasteiger charge is -2.11. The first-order valence-corrected chi connectivity index (χ1v) is 9.13. The van der Waals surface area contributed by atoms with Crippen molar-refractivity contribution in [1.29, 1.82) is 5.26 Å². The Labute approximate surface area is 166 Å². The summed E-state index contributed by atoms with van der Waals surface area (Å²) in [5.74, 6) is -0.176. The molecule has 0 radical (unpaired) electrons. The summed E-state index contributed by atoms with van der Waals surface area (Å²) in [6.07, 6.45) is 0. The molecule has 0 bridgehead atoms. The van der Waals surface area contributed by atoms with Gasteiger partial charge >= 0.3 is 0 Å². The summed E-state index contributed by atoms with van der Waals surface area (Å²) in [6, 6.07) is 26.1. The number of nitrogens with zero attached hydrogens (tertiary/aromatic N) is 3. The number of fused-ring (bicyclic) bond motifs is 3. The van der Waals surface area contributed by atoms with Gasteiger partial charge in [0, 0.05) is 21.9 Å². The second-order valence-electron chi connectivity index (χ2n) is 6.76. The minimum absolute atomic E-state index is 0.237. The van der Waals surface area contributed by atoms with Crippen LogP contribution < -0.4 is 5.73 Å². The van der Waals surface area contributed by atoms with Gasteiger partial charge in [-0.1, -0.05) is 60.7 Å². The Morgan fingerprint density at radius 2 is 1.52 bits per heavy atom. The highest BCUT2D eigenvalue weighted by atomic mass is 19.1. The van der Waals surface area contributed by atoms with E-state index in [0.717, 1.165) is 22.5 Å². The van der Waals surface area contributed by atoms with Crippen molar-refractivity contribution in [2.45, 2.75) is 0 Å². The number of hydrogen-bond donors (Lipinski definition) is 1. The highest BCUT2D eigenvalue weighted by Crippen LogP contribution is 2.38. The molecule has 5 rings (SSSR count). The van der Waals surface area contributed by atoms with Gasteiger partial charge in [-0.2, -0.15) is 5.26 Å². The normalized spacial score (nSPS) is 11.0. The maximum absolute atomic E-state index is 13.9. The van der Waals surface area contributed by atoms with E-state index in [2.05, 4.69) is 6.07 Å². The number of nitrogens with two attached hydrogens (primary N) is 1. The van der Waals surface area contributed by atoms with Crippen LogP contribution in [0.15, 0.2) is 78.9 Å². The highest BCUT2D eigenvalue weighted by molar-refractivity contribution is 6.03. The van der Waals surface area contributed by atoms with Crippen molar-refractivity contribution in [2.24, 2.45) is 0 Å². The molecule has 2 N–H and O–H groups in total. The third-order valence-corrected chi connectivity index (χ3v) is 5.07. The fourth-order valence-corrected chi connectivity index (χ4v) is 3.78. The van der Waals surface area contributed by atoms with E-state index in [4.69, 9.17) is 10.7 Å². The second kappa shape index (κ2) is 6.47. The molecule has 0 fully saturated rings. The van der Waals surface area contributed by atoms with Gasteiger partial charge in [-0.15, -0.1) is 0 Å². The van der Waals surface area contributed by atoms with Crippen molar-refractivity contribution in [3.8, 4) is 28.6 Å². The summed E-state index contributed by atoms with van der Waals surface area (Å²) in [5.41, 5.74) is 10.7. The number of hydrogen-bond acceptors (Lipinski definition) is 3. The maximum Gasteiger partial charge on any atom is 0.147 e. The lowest BCUT2D eigenvalue weighted by molar-refractivity contribution is 0.629. The largest absolute Gasteiger partial charge is 0.384 e. The predicted octanol–water partition coefficient (Wildman–Crippen LogP) is 5.41. The minimum atomic E-state index is -0.420.